The Kier molecular flexibility index (Phi) is 3.31. The van der Waals surface area contributed by atoms with Crippen molar-refractivity contribution in [1.29, 1.82) is 5.26 Å². The summed E-state index contributed by atoms with van der Waals surface area (Å²) in [5.74, 6) is -0.477. The van der Waals surface area contributed by atoms with E-state index in [2.05, 4.69) is 5.32 Å². The first-order valence-electron chi connectivity index (χ1n) is 4.97. The van der Waals surface area contributed by atoms with Crippen LogP contribution < -0.4 is 5.32 Å². The van der Waals surface area contributed by atoms with E-state index < -0.39 is 5.82 Å². The molecule has 0 bridgehead atoms. The van der Waals surface area contributed by atoms with E-state index in [-0.39, 0.29) is 11.1 Å². The molecule has 0 heterocycles. The third-order valence-electron chi connectivity index (χ3n) is 2.48. The van der Waals surface area contributed by atoms with Crippen LogP contribution >= 0.6 is 0 Å². The Bertz CT molecular complexity index is 391. The van der Waals surface area contributed by atoms with Gasteiger partial charge in [-0.25, -0.2) is 4.39 Å². The zero-order valence-electron chi connectivity index (χ0n) is 9.26. The Labute approximate surface area is 89.7 Å². The fourth-order valence-electron chi connectivity index (χ4n) is 1.19. The van der Waals surface area contributed by atoms with Gasteiger partial charge < -0.3 is 5.32 Å². The summed E-state index contributed by atoms with van der Waals surface area (Å²) in [6.45, 7) is 6.07. The summed E-state index contributed by atoms with van der Waals surface area (Å²) in [6.07, 6.45) is 0.897. The predicted molar refractivity (Wildman–Crippen MR) is 59.1 cm³/mol. The minimum absolute atomic E-state index is 0.0824. The molecule has 0 saturated heterocycles. The number of hydrogen-bond acceptors (Lipinski definition) is 2. The third-order valence-corrected chi connectivity index (χ3v) is 2.48. The molecule has 2 nitrogen and oxygen atoms in total. The lowest BCUT2D eigenvalue weighted by Crippen LogP contribution is -2.30. The molecular weight excluding hydrogens is 191 g/mol. The topological polar surface area (TPSA) is 35.8 Å². The van der Waals surface area contributed by atoms with Crippen molar-refractivity contribution in [3.63, 3.8) is 0 Å². The quantitative estimate of drug-likeness (QED) is 0.823. The highest BCUT2D eigenvalue weighted by molar-refractivity contribution is 5.59. The maximum absolute atomic E-state index is 13.3. The molecule has 0 aliphatic rings. The molecule has 1 aromatic carbocycles. The second-order valence-electron chi connectivity index (χ2n) is 4.14. The van der Waals surface area contributed by atoms with E-state index in [0.717, 1.165) is 6.42 Å². The highest BCUT2D eigenvalue weighted by Crippen LogP contribution is 2.23. The van der Waals surface area contributed by atoms with E-state index in [1.54, 1.807) is 12.1 Å². The molecule has 15 heavy (non-hydrogen) atoms. The average Bonchev–Trinajstić information content (AvgIpc) is 2.18. The van der Waals surface area contributed by atoms with Crippen LogP contribution in [0.5, 0.6) is 0 Å². The van der Waals surface area contributed by atoms with Gasteiger partial charge in [0.25, 0.3) is 0 Å². The van der Waals surface area contributed by atoms with Crippen LogP contribution in [0, 0.1) is 17.1 Å². The standard InChI is InChI=1S/C12H15FN2/c1-4-12(2,3)15-11-7-5-6-10(13)9(11)8-14/h5-7,15H,4H2,1-3H3. The number of rotatable bonds is 3. The Hall–Kier alpha value is -1.56. The largest absolute Gasteiger partial charge is 0.379 e. The first-order chi connectivity index (χ1) is 7.00. The minimum atomic E-state index is -0.477. The first-order valence-corrected chi connectivity index (χ1v) is 4.97. The van der Waals surface area contributed by atoms with Gasteiger partial charge in [0.1, 0.15) is 17.4 Å². The SMILES string of the molecule is CCC(C)(C)Nc1cccc(F)c1C#N. The molecule has 3 heteroatoms. The number of nitrogens with zero attached hydrogens (tertiary/aromatic N) is 1. The maximum atomic E-state index is 13.3. The van der Waals surface area contributed by atoms with Gasteiger partial charge >= 0.3 is 0 Å². The first kappa shape index (κ1) is 11.5. The van der Waals surface area contributed by atoms with Gasteiger partial charge in [0, 0.05) is 5.54 Å². The third kappa shape index (κ3) is 2.69. The maximum Gasteiger partial charge on any atom is 0.143 e. The van der Waals surface area contributed by atoms with E-state index in [0.29, 0.717) is 5.69 Å². The molecule has 0 atom stereocenters. The zero-order chi connectivity index (χ0) is 11.5. The molecule has 0 amide bonds. The van der Waals surface area contributed by atoms with Crippen molar-refractivity contribution in [1.82, 2.24) is 0 Å². The molecule has 80 valence electrons. The number of anilines is 1. The Morgan fingerprint density at radius 2 is 2.13 bits per heavy atom. The molecule has 0 unspecified atom stereocenters. The molecule has 0 radical (unpaired) electrons. The normalized spacial score (nSPS) is 10.9. The fraction of sp³-hybridized carbons (Fsp3) is 0.417. The molecule has 0 aliphatic carbocycles. The minimum Gasteiger partial charge on any atom is -0.379 e. The van der Waals surface area contributed by atoms with Crippen LogP contribution in [0.2, 0.25) is 0 Å². The Morgan fingerprint density at radius 1 is 1.47 bits per heavy atom. The number of nitriles is 1. The average molecular weight is 206 g/mol. The summed E-state index contributed by atoms with van der Waals surface area (Å²) >= 11 is 0. The van der Waals surface area contributed by atoms with E-state index in [4.69, 9.17) is 5.26 Å². The van der Waals surface area contributed by atoms with Crippen LogP contribution in [0.3, 0.4) is 0 Å². The molecule has 0 fully saturated rings. The second kappa shape index (κ2) is 4.31. The number of benzene rings is 1. The van der Waals surface area contributed by atoms with Crippen molar-refractivity contribution in [3.8, 4) is 6.07 Å². The van der Waals surface area contributed by atoms with Crippen LogP contribution in [0.25, 0.3) is 0 Å². The van der Waals surface area contributed by atoms with Gasteiger partial charge in [-0.1, -0.05) is 13.0 Å². The van der Waals surface area contributed by atoms with Gasteiger partial charge in [-0.05, 0) is 32.4 Å². The monoisotopic (exact) mass is 206 g/mol. The summed E-state index contributed by atoms with van der Waals surface area (Å²) in [6, 6.07) is 6.49. The summed E-state index contributed by atoms with van der Waals surface area (Å²) in [4.78, 5) is 0. The molecule has 0 aromatic heterocycles. The molecule has 0 aliphatic heterocycles. The van der Waals surface area contributed by atoms with Crippen LogP contribution in [0.15, 0.2) is 18.2 Å². The fourth-order valence-corrected chi connectivity index (χ4v) is 1.19. The number of hydrogen-bond donors (Lipinski definition) is 1. The van der Waals surface area contributed by atoms with Crippen molar-refractivity contribution < 1.29 is 4.39 Å². The molecular formula is C12H15FN2. The van der Waals surface area contributed by atoms with Gasteiger partial charge in [-0.3, -0.25) is 0 Å². The second-order valence-corrected chi connectivity index (χ2v) is 4.14. The Balaban J connectivity index is 3.06. The zero-order valence-corrected chi connectivity index (χ0v) is 9.26. The number of nitrogens with one attached hydrogen (secondary N) is 1. The highest BCUT2D eigenvalue weighted by atomic mass is 19.1. The van der Waals surface area contributed by atoms with Crippen LogP contribution in [0.4, 0.5) is 10.1 Å². The smallest absolute Gasteiger partial charge is 0.143 e. The van der Waals surface area contributed by atoms with Crippen molar-refractivity contribution >= 4 is 5.69 Å². The summed E-state index contributed by atoms with van der Waals surface area (Å²) in [5, 5.41) is 12.0. The number of halogens is 1. The lowest BCUT2D eigenvalue weighted by molar-refractivity contribution is 0.545. The van der Waals surface area contributed by atoms with Crippen molar-refractivity contribution in [2.75, 3.05) is 5.32 Å². The van der Waals surface area contributed by atoms with Crippen molar-refractivity contribution in [2.45, 2.75) is 32.7 Å². The summed E-state index contributed by atoms with van der Waals surface area (Å²) < 4.78 is 13.3. The van der Waals surface area contributed by atoms with Gasteiger partial charge in [-0.15, -0.1) is 0 Å². The van der Waals surface area contributed by atoms with E-state index >= 15 is 0 Å². The van der Waals surface area contributed by atoms with E-state index in [1.165, 1.54) is 6.07 Å². The molecule has 1 aromatic rings. The van der Waals surface area contributed by atoms with Crippen LogP contribution in [-0.2, 0) is 0 Å². The lowest BCUT2D eigenvalue weighted by Gasteiger charge is -2.26. The van der Waals surface area contributed by atoms with E-state index in [1.807, 2.05) is 26.8 Å². The van der Waals surface area contributed by atoms with Crippen LogP contribution in [0.1, 0.15) is 32.8 Å². The summed E-state index contributed by atoms with van der Waals surface area (Å²) in [7, 11) is 0. The van der Waals surface area contributed by atoms with Crippen molar-refractivity contribution in [2.24, 2.45) is 0 Å². The van der Waals surface area contributed by atoms with Crippen LogP contribution in [-0.4, -0.2) is 5.54 Å². The molecule has 1 rings (SSSR count). The van der Waals surface area contributed by atoms with Crippen molar-refractivity contribution in [3.05, 3.63) is 29.6 Å². The molecule has 0 saturated carbocycles. The van der Waals surface area contributed by atoms with Gasteiger partial charge in [0.15, 0.2) is 0 Å². The van der Waals surface area contributed by atoms with Gasteiger partial charge in [0.05, 0.1) is 5.69 Å². The predicted octanol–water partition coefficient (Wildman–Crippen LogP) is 3.30. The van der Waals surface area contributed by atoms with E-state index in [9.17, 15) is 4.39 Å². The highest BCUT2D eigenvalue weighted by Gasteiger charge is 2.17. The molecule has 0 spiro atoms. The lowest BCUT2D eigenvalue weighted by atomic mass is 10.0. The van der Waals surface area contributed by atoms with Gasteiger partial charge in [-0.2, -0.15) is 5.26 Å². The van der Waals surface area contributed by atoms with Gasteiger partial charge in [0.2, 0.25) is 0 Å². The molecule has 1 N–H and O–H groups in total. The summed E-state index contributed by atoms with van der Waals surface area (Å²) in [5.41, 5.74) is 0.503. The Morgan fingerprint density at radius 3 is 2.67 bits per heavy atom.